The fourth-order valence-electron chi connectivity index (χ4n) is 4.47. The number of aliphatic hydroxyl groups excluding tert-OH is 1. The normalized spacial score (nSPS) is 14.8. The Balaban J connectivity index is 2.41. The van der Waals surface area contributed by atoms with Gasteiger partial charge in [-0.15, -0.1) is 0 Å². The topological polar surface area (TPSA) is 158 Å². The van der Waals surface area contributed by atoms with Gasteiger partial charge in [0.05, 0.1) is 23.3 Å². The van der Waals surface area contributed by atoms with Crippen molar-refractivity contribution < 1.29 is 33.1 Å². The maximum Gasteiger partial charge on any atom is 0.408 e. The van der Waals surface area contributed by atoms with Gasteiger partial charge in [-0.1, -0.05) is 82.2 Å². The van der Waals surface area contributed by atoms with E-state index in [1.807, 2.05) is 44.2 Å². The van der Waals surface area contributed by atoms with Crippen LogP contribution >= 0.6 is 0 Å². The molecule has 0 unspecified atom stereocenters. The van der Waals surface area contributed by atoms with E-state index in [4.69, 9.17) is 9.94 Å². The highest BCUT2D eigenvalue weighted by Crippen LogP contribution is 2.23. The van der Waals surface area contributed by atoms with Crippen molar-refractivity contribution in [3.8, 4) is 0 Å². The number of amides is 2. The summed E-state index contributed by atoms with van der Waals surface area (Å²) < 4.78 is 34.1. The molecule has 4 N–H and O–H groups in total. The summed E-state index contributed by atoms with van der Waals surface area (Å²) in [5.74, 6) is -0.606. The second-order valence-corrected chi connectivity index (χ2v) is 15.3. The second kappa shape index (κ2) is 15.5. The minimum absolute atomic E-state index is 0.0124. The Hall–Kier alpha value is -3.48. The predicted octanol–water partition coefficient (Wildman–Crippen LogP) is 4.17. The van der Waals surface area contributed by atoms with E-state index in [-0.39, 0.29) is 30.3 Å². The van der Waals surface area contributed by atoms with E-state index in [1.165, 1.54) is 34.8 Å². The van der Waals surface area contributed by atoms with E-state index in [0.717, 1.165) is 5.56 Å². The molecule has 2 aromatic rings. The van der Waals surface area contributed by atoms with Crippen LogP contribution in [-0.2, 0) is 26.0 Å². The summed E-state index contributed by atoms with van der Waals surface area (Å²) in [6.07, 6.45) is -0.665. The zero-order valence-corrected chi connectivity index (χ0v) is 27.8. The summed E-state index contributed by atoms with van der Waals surface area (Å²) in [5.41, 5.74) is -0.152. The van der Waals surface area contributed by atoms with Crippen molar-refractivity contribution in [2.75, 3.05) is 13.1 Å². The van der Waals surface area contributed by atoms with Gasteiger partial charge in [-0.25, -0.2) is 13.2 Å². The highest BCUT2D eigenvalue weighted by molar-refractivity contribution is 7.89. The van der Waals surface area contributed by atoms with Gasteiger partial charge in [-0.05, 0) is 61.8 Å². The van der Waals surface area contributed by atoms with Gasteiger partial charge in [0, 0.05) is 13.1 Å². The van der Waals surface area contributed by atoms with Gasteiger partial charge in [0.25, 0.3) is 0 Å². The molecule has 11 nitrogen and oxygen atoms in total. The number of oxime groups is 1. The molecule has 0 spiro atoms. The zero-order valence-electron chi connectivity index (χ0n) is 26.9. The van der Waals surface area contributed by atoms with Gasteiger partial charge < -0.3 is 25.7 Å². The molecule has 0 fully saturated rings. The molecule has 44 heavy (non-hydrogen) atoms. The monoisotopic (exact) mass is 632 g/mol. The van der Waals surface area contributed by atoms with Crippen LogP contribution in [0.25, 0.3) is 0 Å². The van der Waals surface area contributed by atoms with Crippen molar-refractivity contribution in [1.82, 2.24) is 14.9 Å². The van der Waals surface area contributed by atoms with Crippen molar-refractivity contribution in [3.05, 3.63) is 65.7 Å². The molecule has 0 radical (unpaired) electrons. The molecule has 0 aromatic heterocycles. The van der Waals surface area contributed by atoms with E-state index in [9.17, 15) is 23.1 Å². The molecule has 0 bridgehead atoms. The van der Waals surface area contributed by atoms with Gasteiger partial charge in [0.15, 0.2) is 0 Å². The standard InChI is InChI=1S/C32H48N4O7S/c1-22(2)20-36(44(41,42)25-16-14-24(15-17-25)19-33-40)21-27(37)26(18-23-12-10-9-11-13-23)34-29(38)28(31(3,4)5)35-30(39)43-32(6,7)8/h9-17,19,22,26-28,37,40H,18,20-21H2,1-8H3,(H,34,38)(H,35,39)/b33-19+/t26-,27+,28+/m0/s1. The number of hydrogen-bond acceptors (Lipinski definition) is 8. The molecule has 0 aliphatic heterocycles. The minimum Gasteiger partial charge on any atom is -0.444 e. The van der Waals surface area contributed by atoms with Crippen LogP contribution in [0.5, 0.6) is 0 Å². The van der Waals surface area contributed by atoms with Crippen LogP contribution < -0.4 is 10.6 Å². The Bertz CT molecular complexity index is 1350. The fraction of sp³-hybridized carbons (Fsp3) is 0.531. The number of sulfonamides is 1. The van der Waals surface area contributed by atoms with Gasteiger partial charge in [-0.3, -0.25) is 4.79 Å². The Morgan fingerprint density at radius 1 is 0.955 bits per heavy atom. The number of hydrogen-bond donors (Lipinski definition) is 4. The molecular formula is C32H48N4O7S. The highest BCUT2D eigenvalue weighted by atomic mass is 32.2. The van der Waals surface area contributed by atoms with E-state index < -0.39 is 51.2 Å². The smallest absolute Gasteiger partial charge is 0.408 e. The molecular weight excluding hydrogens is 584 g/mol. The summed E-state index contributed by atoms with van der Waals surface area (Å²) in [5, 5.41) is 28.9. The average molecular weight is 633 g/mol. The molecule has 0 saturated heterocycles. The van der Waals surface area contributed by atoms with Crippen molar-refractivity contribution >= 4 is 28.2 Å². The third-order valence-electron chi connectivity index (χ3n) is 6.56. The SMILES string of the molecule is CC(C)CN(C[C@@H](O)[C@H](Cc1ccccc1)NC(=O)[C@@H](NC(=O)OC(C)(C)C)C(C)(C)C)S(=O)(=O)c1ccc(/C=N/O)cc1. The maximum absolute atomic E-state index is 13.7. The molecule has 0 aliphatic carbocycles. The summed E-state index contributed by atoms with van der Waals surface area (Å²) in [7, 11) is -4.05. The Labute approximate surface area is 261 Å². The van der Waals surface area contributed by atoms with Crippen LogP contribution in [0.1, 0.15) is 66.5 Å². The minimum atomic E-state index is -4.05. The second-order valence-electron chi connectivity index (χ2n) is 13.3. The van der Waals surface area contributed by atoms with E-state index >= 15 is 0 Å². The number of nitrogens with zero attached hydrogens (tertiary/aromatic N) is 2. The lowest BCUT2D eigenvalue weighted by Gasteiger charge is -2.35. The van der Waals surface area contributed by atoms with Crippen molar-refractivity contribution in [2.45, 2.75) is 90.5 Å². The number of carbonyl (C=O) groups excluding carboxylic acids is 2. The van der Waals surface area contributed by atoms with Gasteiger partial charge in [0.1, 0.15) is 11.6 Å². The number of aliphatic hydroxyl groups is 1. The Morgan fingerprint density at radius 3 is 2.05 bits per heavy atom. The summed E-state index contributed by atoms with van der Waals surface area (Å²) in [4.78, 5) is 26.3. The van der Waals surface area contributed by atoms with E-state index in [2.05, 4.69) is 15.8 Å². The third kappa shape index (κ3) is 11.5. The molecule has 12 heteroatoms. The molecule has 3 atom stereocenters. The van der Waals surface area contributed by atoms with Gasteiger partial charge in [0.2, 0.25) is 15.9 Å². The van der Waals surface area contributed by atoms with Gasteiger partial charge in [-0.2, -0.15) is 4.31 Å². The lowest BCUT2D eigenvalue weighted by Crippen LogP contribution is -2.59. The number of benzene rings is 2. The number of rotatable bonds is 13. The van der Waals surface area contributed by atoms with Crippen LogP contribution in [0.2, 0.25) is 0 Å². The summed E-state index contributed by atoms with van der Waals surface area (Å²) in [6.45, 7) is 14.1. The maximum atomic E-state index is 13.7. The Kier molecular flexibility index (Phi) is 12.9. The zero-order chi connectivity index (χ0) is 33.3. The first-order valence-electron chi connectivity index (χ1n) is 14.6. The van der Waals surface area contributed by atoms with Crippen LogP contribution in [0.4, 0.5) is 4.79 Å². The number of carbonyl (C=O) groups is 2. The molecule has 0 heterocycles. The van der Waals surface area contributed by atoms with E-state index in [1.54, 1.807) is 41.5 Å². The molecule has 2 rings (SSSR count). The molecule has 0 saturated carbocycles. The lowest BCUT2D eigenvalue weighted by molar-refractivity contribution is -0.127. The number of alkyl carbamates (subject to hydrolysis) is 1. The van der Waals surface area contributed by atoms with Crippen LogP contribution in [0.15, 0.2) is 64.6 Å². The molecule has 0 aliphatic rings. The fourth-order valence-corrected chi connectivity index (χ4v) is 6.10. The summed E-state index contributed by atoms with van der Waals surface area (Å²) >= 11 is 0. The molecule has 2 aromatic carbocycles. The van der Waals surface area contributed by atoms with Crippen molar-refractivity contribution in [2.24, 2.45) is 16.5 Å². The first-order chi connectivity index (χ1) is 20.3. The average Bonchev–Trinajstić information content (AvgIpc) is 2.90. The third-order valence-corrected chi connectivity index (χ3v) is 8.41. The lowest BCUT2D eigenvalue weighted by atomic mass is 9.85. The van der Waals surface area contributed by atoms with Crippen molar-refractivity contribution in [3.63, 3.8) is 0 Å². The van der Waals surface area contributed by atoms with Crippen molar-refractivity contribution in [1.29, 1.82) is 0 Å². The predicted molar refractivity (Wildman–Crippen MR) is 170 cm³/mol. The molecule has 244 valence electrons. The van der Waals surface area contributed by atoms with Crippen LogP contribution in [-0.4, -0.2) is 78.1 Å². The number of ether oxygens (including phenoxy) is 1. The van der Waals surface area contributed by atoms with Crippen LogP contribution in [0, 0.1) is 11.3 Å². The summed E-state index contributed by atoms with van der Waals surface area (Å²) in [6, 6.07) is 13.2. The molecule has 2 amide bonds. The first-order valence-corrected chi connectivity index (χ1v) is 16.1. The Morgan fingerprint density at radius 2 is 1.55 bits per heavy atom. The first kappa shape index (κ1) is 36.7. The van der Waals surface area contributed by atoms with E-state index in [0.29, 0.717) is 5.56 Å². The largest absolute Gasteiger partial charge is 0.444 e. The number of nitrogens with one attached hydrogen (secondary N) is 2. The van der Waals surface area contributed by atoms with Crippen LogP contribution in [0.3, 0.4) is 0 Å². The quantitative estimate of drug-likeness (QED) is 0.147. The van der Waals surface area contributed by atoms with Gasteiger partial charge >= 0.3 is 6.09 Å². The highest BCUT2D eigenvalue weighted by Gasteiger charge is 2.37.